The van der Waals surface area contributed by atoms with Crippen molar-refractivity contribution in [1.82, 2.24) is 0 Å². The van der Waals surface area contributed by atoms with E-state index in [2.05, 4.69) is 61.6 Å². The highest BCUT2D eigenvalue weighted by atomic mass is 14.9. The molecule has 0 heterocycles. The fourth-order valence-electron chi connectivity index (χ4n) is 2.07. The molecule has 0 aromatic heterocycles. The van der Waals surface area contributed by atoms with Crippen LogP contribution in [-0.2, 0) is 13.1 Å². The SMILES string of the molecule is Cc1cc(C)cc(NCc2ccc(CN)cc2)c1. The van der Waals surface area contributed by atoms with E-state index in [4.69, 9.17) is 5.73 Å². The fourth-order valence-corrected chi connectivity index (χ4v) is 2.07. The van der Waals surface area contributed by atoms with Gasteiger partial charge in [-0.15, -0.1) is 0 Å². The van der Waals surface area contributed by atoms with Crippen LogP contribution in [0.2, 0.25) is 0 Å². The van der Waals surface area contributed by atoms with Crippen LogP contribution in [0.5, 0.6) is 0 Å². The van der Waals surface area contributed by atoms with Crippen molar-refractivity contribution in [2.45, 2.75) is 26.9 Å². The highest BCUT2D eigenvalue weighted by Crippen LogP contribution is 2.15. The maximum Gasteiger partial charge on any atom is 0.0400 e. The molecule has 0 atom stereocenters. The van der Waals surface area contributed by atoms with Gasteiger partial charge in [0.05, 0.1) is 0 Å². The molecule has 0 saturated heterocycles. The molecule has 0 fully saturated rings. The van der Waals surface area contributed by atoms with E-state index in [1.165, 1.54) is 27.9 Å². The molecule has 18 heavy (non-hydrogen) atoms. The van der Waals surface area contributed by atoms with Crippen LogP contribution in [0.15, 0.2) is 42.5 Å². The first-order valence-electron chi connectivity index (χ1n) is 6.27. The number of hydrogen-bond acceptors (Lipinski definition) is 2. The van der Waals surface area contributed by atoms with Gasteiger partial charge in [-0.1, -0.05) is 30.3 Å². The molecule has 94 valence electrons. The third kappa shape index (κ3) is 3.34. The molecule has 2 aromatic carbocycles. The van der Waals surface area contributed by atoms with Gasteiger partial charge in [0, 0.05) is 18.8 Å². The van der Waals surface area contributed by atoms with Crippen LogP contribution >= 0.6 is 0 Å². The zero-order chi connectivity index (χ0) is 13.0. The predicted octanol–water partition coefficient (Wildman–Crippen LogP) is 3.37. The molecule has 0 amide bonds. The summed E-state index contributed by atoms with van der Waals surface area (Å²) < 4.78 is 0. The molecule has 0 spiro atoms. The van der Waals surface area contributed by atoms with Crippen LogP contribution in [0, 0.1) is 13.8 Å². The van der Waals surface area contributed by atoms with Crippen molar-refractivity contribution in [2.24, 2.45) is 5.73 Å². The monoisotopic (exact) mass is 240 g/mol. The van der Waals surface area contributed by atoms with Crippen molar-refractivity contribution >= 4 is 5.69 Å². The topological polar surface area (TPSA) is 38.0 Å². The first kappa shape index (κ1) is 12.7. The number of benzene rings is 2. The first-order valence-corrected chi connectivity index (χ1v) is 6.27. The lowest BCUT2D eigenvalue weighted by Crippen LogP contribution is -2.01. The molecular weight excluding hydrogens is 220 g/mol. The number of nitrogens with one attached hydrogen (secondary N) is 1. The second kappa shape index (κ2) is 5.69. The van der Waals surface area contributed by atoms with Crippen molar-refractivity contribution in [2.75, 3.05) is 5.32 Å². The Bertz CT molecular complexity index is 495. The molecular formula is C16H20N2. The van der Waals surface area contributed by atoms with E-state index in [0.717, 1.165) is 6.54 Å². The highest BCUT2D eigenvalue weighted by Gasteiger charge is 1.97. The van der Waals surface area contributed by atoms with Crippen LogP contribution in [0.1, 0.15) is 22.3 Å². The standard InChI is InChI=1S/C16H20N2/c1-12-7-13(2)9-16(8-12)18-11-15-5-3-14(10-17)4-6-15/h3-9,18H,10-11,17H2,1-2H3. The minimum absolute atomic E-state index is 0.602. The summed E-state index contributed by atoms with van der Waals surface area (Å²) in [5.41, 5.74) is 11.8. The number of aryl methyl sites for hydroxylation is 2. The minimum atomic E-state index is 0.602. The quantitative estimate of drug-likeness (QED) is 0.860. The largest absolute Gasteiger partial charge is 0.381 e. The van der Waals surface area contributed by atoms with Crippen molar-refractivity contribution in [3.8, 4) is 0 Å². The van der Waals surface area contributed by atoms with E-state index in [9.17, 15) is 0 Å². The van der Waals surface area contributed by atoms with E-state index in [-0.39, 0.29) is 0 Å². The highest BCUT2D eigenvalue weighted by molar-refractivity contribution is 5.48. The van der Waals surface area contributed by atoms with Crippen LogP contribution in [0.3, 0.4) is 0 Å². The number of rotatable bonds is 4. The van der Waals surface area contributed by atoms with Gasteiger partial charge in [-0.25, -0.2) is 0 Å². The van der Waals surface area contributed by atoms with Gasteiger partial charge in [-0.05, 0) is 48.2 Å². The number of hydrogen-bond donors (Lipinski definition) is 2. The van der Waals surface area contributed by atoms with Crippen LogP contribution in [0.25, 0.3) is 0 Å². The summed E-state index contributed by atoms with van der Waals surface area (Å²) in [6.07, 6.45) is 0. The van der Waals surface area contributed by atoms with E-state index in [1.54, 1.807) is 0 Å². The van der Waals surface area contributed by atoms with Gasteiger partial charge in [-0.3, -0.25) is 0 Å². The Morgan fingerprint density at radius 1 is 0.889 bits per heavy atom. The Morgan fingerprint density at radius 2 is 1.44 bits per heavy atom. The van der Waals surface area contributed by atoms with E-state index in [1.807, 2.05) is 0 Å². The average molecular weight is 240 g/mol. The molecule has 0 radical (unpaired) electrons. The minimum Gasteiger partial charge on any atom is -0.381 e. The summed E-state index contributed by atoms with van der Waals surface area (Å²) in [6, 6.07) is 14.9. The molecule has 2 nitrogen and oxygen atoms in total. The third-order valence-corrected chi connectivity index (χ3v) is 2.98. The van der Waals surface area contributed by atoms with E-state index < -0.39 is 0 Å². The number of anilines is 1. The van der Waals surface area contributed by atoms with Crippen LogP contribution < -0.4 is 11.1 Å². The van der Waals surface area contributed by atoms with Crippen molar-refractivity contribution in [3.05, 3.63) is 64.7 Å². The molecule has 0 saturated carbocycles. The third-order valence-electron chi connectivity index (χ3n) is 2.98. The predicted molar refractivity (Wildman–Crippen MR) is 77.6 cm³/mol. The fraction of sp³-hybridized carbons (Fsp3) is 0.250. The van der Waals surface area contributed by atoms with E-state index in [0.29, 0.717) is 6.54 Å². The lowest BCUT2D eigenvalue weighted by molar-refractivity contribution is 1.06. The van der Waals surface area contributed by atoms with Crippen LogP contribution in [0.4, 0.5) is 5.69 Å². The van der Waals surface area contributed by atoms with Gasteiger partial charge in [0.25, 0.3) is 0 Å². The van der Waals surface area contributed by atoms with Gasteiger partial charge in [0.15, 0.2) is 0 Å². The molecule has 0 unspecified atom stereocenters. The molecule has 2 rings (SSSR count). The zero-order valence-electron chi connectivity index (χ0n) is 11.0. The Balaban J connectivity index is 2.01. The van der Waals surface area contributed by atoms with Crippen molar-refractivity contribution < 1.29 is 0 Å². The smallest absolute Gasteiger partial charge is 0.0400 e. The molecule has 0 aliphatic heterocycles. The molecule has 2 aromatic rings. The lowest BCUT2D eigenvalue weighted by atomic mass is 10.1. The summed E-state index contributed by atoms with van der Waals surface area (Å²) in [5, 5.41) is 3.45. The first-order chi connectivity index (χ1) is 8.67. The molecule has 2 heteroatoms. The van der Waals surface area contributed by atoms with Gasteiger partial charge in [-0.2, -0.15) is 0 Å². The van der Waals surface area contributed by atoms with Gasteiger partial charge < -0.3 is 11.1 Å². The van der Waals surface area contributed by atoms with Crippen molar-refractivity contribution in [3.63, 3.8) is 0 Å². The van der Waals surface area contributed by atoms with E-state index >= 15 is 0 Å². The van der Waals surface area contributed by atoms with Gasteiger partial charge in [0.1, 0.15) is 0 Å². The maximum atomic E-state index is 5.58. The van der Waals surface area contributed by atoms with Gasteiger partial charge in [0.2, 0.25) is 0 Å². The van der Waals surface area contributed by atoms with Crippen LogP contribution in [-0.4, -0.2) is 0 Å². The Hall–Kier alpha value is -1.80. The summed E-state index contributed by atoms with van der Waals surface area (Å²) >= 11 is 0. The Labute approximate surface area is 109 Å². The van der Waals surface area contributed by atoms with Gasteiger partial charge >= 0.3 is 0 Å². The lowest BCUT2D eigenvalue weighted by Gasteiger charge is -2.09. The zero-order valence-corrected chi connectivity index (χ0v) is 11.0. The number of nitrogens with two attached hydrogens (primary N) is 1. The molecule has 0 aliphatic carbocycles. The summed E-state index contributed by atoms with van der Waals surface area (Å²) in [7, 11) is 0. The second-order valence-electron chi connectivity index (χ2n) is 4.75. The summed E-state index contributed by atoms with van der Waals surface area (Å²) in [5.74, 6) is 0. The molecule has 0 aliphatic rings. The Kier molecular flexibility index (Phi) is 4.00. The average Bonchev–Trinajstić information content (AvgIpc) is 2.36. The normalized spacial score (nSPS) is 10.4. The second-order valence-corrected chi connectivity index (χ2v) is 4.75. The molecule has 3 N–H and O–H groups in total. The summed E-state index contributed by atoms with van der Waals surface area (Å²) in [4.78, 5) is 0. The Morgan fingerprint density at radius 3 is 2.00 bits per heavy atom. The summed E-state index contributed by atoms with van der Waals surface area (Å²) in [6.45, 7) is 5.68. The molecule has 0 bridgehead atoms. The van der Waals surface area contributed by atoms with Crippen molar-refractivity contribution in [1.29, 1.82) is 0 Å². The maximum absolute atomic E-state index is 5.58.